The number of hydrogen-bond donors (Lipinski definition) is 1. The van der Waals surface area contributed by atoms with Gasteiger partial charge in [0.15, 0.2) is 0 Å². The number of ether oxygens (including phenoxy) is 1. The molecule has 0 saturated heterocycles. The summed E-state index contributed by atoms with van der Waals surface area (Å²) in [7, 11) is 1.77. The Labute approximate surface area is 95.2 Å². The molecule has 0 fully saturated rings. The fourth-order valence-corrected chi connectivity index (χ4v) is 1.65. The minimum atomic E-state index is 0.586. The van der Waals surface area contributed by atoms with Crippen molar-refractivity contribution in [3.05, 3.63) is 0 Å². The van der Waals surface area contributed by atoms with Crippen molar-refractivity contribution >= 4 is 0 Å². The Balaban J connectivity index is 3.95. The molecule has 0 rings (SSSR count). The zero-order valence-corrected chi connectivity index (χ0v) is 11.0. The third kappa shape index (κ3) is 7.77. The zero-order chi connectivity index (χ0) is 11.7. The minimum Gasteiger partial charge on any atom is -0.383 e. The van der Waals surface area contributed by atoms with Crippen molar-refractivity contribution in [3.63, 3.8) is 0 Å². The monoisotopic (exact) mass is 216 g/mol. The first kappa shape index (κ1) is 14.9. The summed E-state index contributed by atoms with van der Waals surface area (Å²) in [5, 5.41) is 3.40. The third-order valence-electron chi connectivity index (χ3n) is 2.50. The molecule has 0 heterocycles. The number of nitrogens with one attached hydrogen (secondary N) is 1. The molecule has 0 amide bonds. The predicted octanol–water partition coefficient (Wildman–Crippen LogP) is 1.59. The molecule has 1 atom stereocenters. The first-order chi connectivity index (χ1) is 7.11. The number of nitrogens with zero attached hydrogens (tertiary/aromatic N) is 1. The van der Waals surface area contributed by atoms with Gasteiger partial charge in [0, 0.05) is 32.8 Å². The Bertz CT molecular complexity index is 140. The van der Waals surface area contributed by atoms with Gasteiger partial charge in [0.2, 0.25) is 0 Å². The highest BCUT2D eigenvalue weighted by Gasteiger charge is 2.13. The minimum absolute atomic E-state index is 0.586. The van der Waals surface area contributed by atoms with Crippen LogP contribution in [-0.2, 0) is 4.74 Å². The highest BCUT2D eigenvalue weighted by molar-refractivity contribution is 4.70. The molecular formula is C12H28N2O. The van der Waals surface area contributed by atoms with Gasteiger partial charge in [-0.25, -0.2) is 0 Å². The molecule has 0 aromatic carbocycles. The summed E-state index contributed by atoms with van der Waals surface area (Å²) >= 11 is 0. The Hall–Kier alpha value is -0.120. The van der Waals surface area contributed by atoms with Crippen LogP contribution in [0, 0.1) is 5.92 Å². The summed E-state index contributed by atoms with van der Waals surface area (Å²) in [4.78, 5) is 2.50. The summed E-state index contributed by atoms with van der Waals surface area (Å²) in [6.07, 6.45) is 0. The summed E-state index contributed by atoms with van der Waals surface area (Å²) < 4.78 is 5.15. The third-order valence-corrected chi connectivity index (χ3v) is 2.50. The molecule has 0 radical (unpaired) electrons. The van der Waals surface area contributed by atoms with Gasteiger partial charge in [-0.2, -0.15) is 0 Å². The van der Waals surface area contributed by atoms with Gasteiger partial charge in [-0.1, -0.05) is 20.8 Å². The first-order valence-electron chi connectivity index (χ1n) is 6.05. The van der Waals surface area contributed by atoms with Crippen LogP contribution >= 0.6 is 0 Å². The highest BCUT2D eigenvalue weighted by Crippen LogP contribution is 2.03. The standard InChI is InChI=1S/C12H28N2O/c1-6-13-9-12(4)14(7-8-15-5)10-11(2)3/h11-13H,6-10H2,1-5H3. The van der Waals surface area contributed by atoms with E-state index in [4.69, 9.17) is 4.74 Å². The van der Waals surface area contributed by atoms with E-state index in [1.807, 2.05) is 0 Å². The van der Waals surface area contributed by atoms with E-state index in [9.17, 15) is 0 Å². The van der Waals surface area contributed by atoms with E-state index in [0.29, 0.717) is 12.0 Å². The Morgan fingerprint density at radius 3 is 2.40 bits per heavy atom. The maximum atomic E-state index is 5.15. The molecule has 3 heteroatoms. The quantitative estimate of drug-likeness (QED) is 0.633. The summed E-state index contributed by atoms with van der Waals surface area (Å²) in [5.41, 5.74) is 0. The SMILES string of the molecule is CCNCC(C)N(CCOC)CC(C)C. The highest BCUT2D eigenvalue weighted by atomic mass is 16.5. The molecule has 92 valence electrons. The van der Waals surface area contributed by atoms with Crippen LogP contribution in [0.2, 0.25) is 0 Å². The molecule has 0 aliphatic rings. The van der Waals surface area contributed by atoms with Crippen LogP contribution in [0.5, 0.6) is 0 Å². The van der Waals surface area contributed by atoms with Crippen LogP contribution in [0.1, 0.15) is 27.7 Å². The van der Waals surface area contributed by atoms with Gasteiger partial charge in [0.05, 0.1) is 6.61 Å². The molecule has 0 aliphatic carbocycles. The van der Waals surface area contributed by atoms with Crippen molar-refractivity contribution in [3.8, 4) is 0 Å². The molecule has 1 N–H and O–H groups in total. The lowest BCUT2D eigenvalue weighted by atomic mass is 10.1. The topological polar surface area (TPSA) is 24.5 Å². The molecule has 1 unspecified atom stereocenters. The second-order valence-electron chi connectivity index (χ2n) is 4.54. The van der Waals surface area contributed by atoms with Gasteiger partial charge in [-0.3, -0.25) is 4.90 Å². The summed E-state index contributed by atoms with van der Waals surface area (Å²) in [5.74, 6) is 0.714. The van der Waals surface area contributed by atoms with Crippen LogP contribution in [0.3, 0.4) is 0 Å². The predicted molar refractivity (Wildman–Crippen MR) is 66.3 cm³/mol. The zero-order valence-electron chi connectivity index (χ0n) is 11.0. The van der Waals surface area contributed by atoms with E-state index in [-0.39, 0.29) is 0 Å². The fourth-order valence-electron chi connectivity index (χ4n) is 1.65. The Morgan fingerprint density at radius 1 is 1.27 bits per heavy atom. The lowest BCUT2D eigenvalue weighted by Crippen LogP contribution is -2.43. The molecule has 15 heavy (non-hydrogen) atoms. The smallest absolute Gasteiger partial charge is 0.0589 e. The number of likely N-dealkylation sites (N-methyl/N-ethyl adjacent to an activating group) is 1. The van der Waals surface area contributed by atoms with Gasteiger partial charge in [-0.15, -0.1) is 0 Å². The average Bonchev–Trinajstić information content (AvgIpc) is 2.20. The number of methoxy groups -OCH3 is 1. The lowest BCUT2D eigenvalue weighted by Gasteiger charge is -2.30. The van der Waals surface area contributed by atoms with E-state index in [1.165, 1.54) is 0 Å². The van der Waals surface area contributed by atoms with E-state index in [2.05, 4.69) is 37.9 Å². The summed E-state index contributed by atoms with van der Waals surface area (Å²) in [6.45, 7) is 14.1. The van der Waals surface area contributed by atoms with E-state index in [0.717, 1.165) is 32.8 Å². The molecule has 0 aromatic rings. The maximum absolute atomic E-state index is 5.15. The van der Waals surface area contributed by atoms with Crippen molar-refractivity contribution in [1.29, 1.82) is 0 Å². The summed E-state index contributed by atoms with van der Waals surface area (Å²) in [6, 6.07) is 0.586. The van der Waals surface area contributed by atoms with Gasteiger partial charge in [0.1, 0.15) is 0 Å². The fraction of sp³-hybridized carbons (Fsp3) is 1.00. The van der Waals surface area contributed by atoms with Gasteiger partial charge in [-0.05, 0) is 19.4 Å². The molecular weight excluding hydrogens is 188 g/mol. The number of hydrogen-bond acceptors (Lipinski definition) is 3. The molecule has 0 saturated carbocycles. The van der Waals surface area contributed by atoms with Gasteiger partial charge in [0.25, 0.3) is 0 Å². The molecule has 0 aromatic heterocycles. The second-order valence-corrected chi connectivity index (χ2v) is 4.54. The van der Waals surface area contributed by atoms with Crippen molar-refractivity contribution < 1.29 is 4.74 Å². The maximum Gasteiger partial charge on any atom is 0.0589 e. The van der Waals surface area contributed by atoms with Crippen molar-refractivity contribution in [1.82, 2.24) is 10.2 Å². The average molecular weight is 216 g/mol. The van der Waals surface area contributed by atoms with Crippen LogP contribution in [0.25, 0.3) is 0 Å². The molecule has 0 spiro atoms. The first-order valence-corrected chi connectivity index (χ1v) is 6.05. The second kappa shape index (κ2) is 9.13. The van der Waals surface area contributed by atoms with Crippen LogP contribution < -0.4 is 5.32 Å². The molecule has 0 bridgehead atoms. The molecule has 3 nitrogen and oxygen atoms in total. The van der Waals surface area contributed by atoms with Crippen LogP contribution in [0.4, 0.5) is 0 Å². The largest absolute Gasteiger partial charge is 0.383 e. The van der Waals surface area contributed by atoms with Crippen molar-refractivity contribution in [2.75, 3.05) is 39.9 Å². The van der Waals surface area contributed by atoms with E-state index in [1.54, 1.807) is 7.11 Å². The molecule has 0 aliphatic heterocycles. The lowest BCUT2D eigenvalue weighted by molar-refractivity contribution is 0.115. The van der Waals surface area contributed by atoms with Crippen molar-refractivity contribution in [2.24, 2.45) is 5.92 Å². The normalized spacial score (nSPS) is 13.8. The van der Waals surface area contributed by atoms with E-state index < -0.39 is 0 Å². The van der Waals surface area contributed by atoms with Crippen molar-refractivity contribution in [2.45, 2.75) is 33.7 Å². The van der Waals surface area contributed by atoms with Gasteiger partial charge >= 0.3 is 0 Å². The number of rotatable bonds is 9. The van der Waals surface area contributed by atoms with Crippen LogP contribution in [0.15, 0.2) is 0 Å². The Morgan fingerprint density at radius 2 is 1.93 bits per heavy atom. The van der Waals surface area contributed by atoms with Gasteiger partial charge < -0.3 is 10.1 Å². The van der Waals surface area contributed by atoms with E-state index >= 15 is 0 Å². The Kier molecular flexibility index (Phi) is 9.06. The van der Waals surface area contributed by atoms with Crippen LogP contribution in [-0.4, -0.2) is 50.8 Å².